The van der Waals surface area contributed by atoms with Crippen molar-refractivity contribution >= 4 is 0 Å². The van der Waals surface area contributed by atoms with Gasteiger partial charge in [0.25, 0.3) is 0 Å². The third-order valence-corrected chi connectivity index (χ3v) is 3.73. The minimum absolute atomic E-state index is 0.269. The maximum atomic E-state index is 5.88. The van der Waals surface area contributed by atoms with Crippen molar-refractivity contribution in [2.75, 3.05) is 6.54 Å². The molecule has 0 spiro atoms. The summed E-state index contributed by atoms with van der Waals surface area (Å²) in [5.41, 5.74) is 7.31. The lowest BCUT2D eigenvalue weighted by Crippen LogP contribution is -2.19. The average Bonchev–Trinajstić information content (AvgIpc) is 2.38. The molecule has 2 heteroatoms. The van der Waals surface area contributed by atoms with Crippen LogP contribution in [0.1, 0.15) is 44.9 Å². The number of hydrogen-bond acceptors (Lipinski definition) is 2. The zero-order chi connectivity index (χ0) is 11.2. The Balaban J connectivity index is 1.96. The van der Waals surface area contributed by atoms with Crippen LogP contribution >= 0.6 is 0 Å². The minimum Gasteiger partial charge on any atom is -0.494 e. The Morgan fingerprint density at radius 1 is 1.25 bits per heavy atom. The summed E-state index contributed by atoms with van der Waals surface area (Å²) in [6, 6.07) is 0. The number of hydrogen-bond donors (Lipinski definition) is 1. The first-order valence-electron chi connectivity index (χ1n) is 6.61. The Labute approximate surface area is 98.5 Å². The van der Waals surface area contributed by atoms with Gasteiger partial charge in [-0.1, -0.05) is 24.8 Å². The van der Waals surface area contributed by atoms with Gasteiger partial charge in [-0.25, -0.2) is 0 Å². The van der Waals surface area contributed by atoms with Gasteiger partial charge in [0.15, 0.2) is 0 Å². The first-order valence-corrected chi connectivity index (χ1v) is 6.61. The average molecular weight is 221 g/mol. The molecule has 0 aromatic rings. The van der Waals surface area contributed by atoms with E-state index in [4.69, 9.17) is 10.5 Å². The summed E-state index contributed by atoms with van der Waals surface area (Å²) in [6.45, 7) is 0.703. The van der Waals surface area contributed by atoms with E-state index in [0.29, 0.717) is 6.54 Å². The third-order valence-electron chi connectivity index (χ3n) is 3.73. The summed E-state index contributed by atoms with van der Waals surface area (Å²) in [4.78, 5) is 0. The maximum Gasteiger partial charge on any atom is 0.117 e. The third kappa shape index (κ3) is 3.11. The standard InChI is InChI=1S/C14H23NO/c15-11-13(12-6-2-1-3-7-12)10-14-8-4-5-9-16-14/h5,9-10,12,14H,1-4,6-8,11,15H2/b13-10-. The molecule has 1 aliphatic heterocycles. The van der Waals surface area contributed by atoms with Gasteiger partial charge in [-0.05, 0) is 43.8 Å². The lowest BCUT2D eigenvalue weighted by Gasteiger charge is -2.26. The van der Waals surface area contributed by atoms with Crippen molar-refractivity contribution in [3.8, 4) is 0 Å². The van der Waals surface area contributed by atoms with Gasteiger partial charge < -0.3 is 10.5 Å². The zero-order valence-corrected chi connectivity index (χ0v) is 10.0. The molecular formula is C14H23NO. The highest BCUT2D eigenvalue weighted by atomic mass is 16.5. The van der Waals surface area contributed by atoms with Gasteiger partial charge in [-0.2, -0.15) is 0 Å². The van der Waals surface area contributed by atoms with Crippen LogP contribution in [0.4, 0.5) is 0 Å². The van der Waals surface area contributed by atoms with E-state index < -0.39 is 0 Å². The van der Waals surface area contributed by atoms with Crippen LogP contribution in [0.5, 0.6) is 0 Å². The van der Waals surface area contributed by atoms with Crippen molar-refractivity contribution in [1.29, 1.82) is 0 Å². The second kappa shape index (κ2) is 6.09. The molecule has 90 valence electrons. The molecule has 0 aromatic heterocycles. The molecule has 2 aliphatic rings. The molecule has 2 nitrogen and oxygen atoms in total. The molecule has 1 saturated carbocycles. The van der Waals surface area contributed by atoms with Crippen molar-refractivity contribution in [3.05, 3.63) is 24.0 Å². The SMILES string of the molecule is NC/C(=C/C1CCC=CO1)C1CCCCC1. The van der Waals surface area contributed by atoms with Gasteiger partial charge in [0, 0.05) is 6.54 Å². The fraction of sp³-hybridized carbons (Fsp3) is 0.714. The van der Waals surface area contributed by atoms with Gasteiger partial charge >= 0.3 is 0 Å². The maximum absolute atomic E-state index is 5.88. The molecule has 1 aliphatic carbocycles. The molecular weight excluding hydrogens is 198 g/mol. The van der Waals surface area contributed by atoms with Gasteiger partial charge in [0.2, 0.25) is 0 Å². The molecule has 0 radical (unpaired) electrons. The molecule has 1 heterocycles. The summed E-state index contributed by atoms with van der Waals surface area (Å²) < 4.78 is 5.59. The Morgan fingerprint density at radius 3 is 2.69 bits per heavy atom. The highest BCUT2D eigenvalue weighted by molar-refractivity contribution is 5.12. The van der Waals surface area contributed by atoms with Crippen molar-refractivity contribution in [3.63, 3.8) is 0 Å². The van der Waals surface area contributed by atoms with E-state index in [1.807, 2.05) is 6.26 Å². The Bertz CT molecular complexity index is 264. The second-order valence-corrected chi connectivity index (χ2v) is 4.90. The van der Waals surface area contributed by atoms with Crippen LogP contribution in [-0.2, 0) is 4.74 Å². The van der Waals surface area contributed by atoms with Gasteiger partial charge in [0.05, 0.1) is 6.26 Å². The van der Waals surface area contributed by atoms with Crippen molar-refractivity contribution in [2.24, 2.45) is 11.7 Å². The van der Waals surface area contributed by atoms with E-state index in [2.05, 4.69) is 12.2 Å². The van der Waals surface area contributed by atoms with Crippen molar-refractivity contribution in [2.45, 2.75) is 51.0 Å². The summed E-state index contributed by atoms with van der Waals surface area (Å²) in [6.07, 6.45) is 15.5. The van der Waals surface area contributed by atoms with Crippen LogP contribution in [0, 0.1) is 5.92 Å². The van der Waals surface area contributed by atoms with E-state index in [1.165, 1.54) is 37.7 Å². The molecule has 2 rings (SSSR count). The Morgan fingerprint density at radius 2 is 2.06 bits per heavy atom. The molecule has 1 atom stereocenters. The molecule has 1 fully saturated rings. The largest absolute Gasteiger partial charge is 0.494 e. The lowest BCUT2D eigenvalue weighted by atomic mass is 9.83. The fourth-order valence-electron chi connectivity index (χ4n) is 2.76. The second-order valence-electron chi connectivity index (χ2n) is 4.90. The minimum atomic E-state index is 0.269. The molecule has 2 N–H and O–H groups in total. The van der Waals surface area contributed by atoms with Crippen LogP contribution < -0.4 is 5.73 Å². The summed E-state index contributed by atoms with van der Waals surface area (Å²) in [5.74, 6) is 0.730. The van der Waals surface area contributed by atoms with Crippen molar-refractivity contribution in [1.82, 2.24) is 0 Å². The molecule has 0 aromatic carbocycles. The smallest absolute Gasteiger partial charge is 0.117 e. The molecule has 0 bridgehead atoms. The molecule has 1 unspecified atom stereocenters. The van der Waals surface area contributed by atoms with Gasteiger partial charge in [0.1, 0.15) is 6.10 Å². The summed E-state index contributed by atoms with van der Waals surface area (Å²) in [5, 5.41) is 0. The van der Waals surface area contributed by atoms with Gasteiger partial charge in [-0.3, -0.25) is 0 Å². The Hall–Kier alpha value is -0.760. The normalized spacial score (nSPS) is 27.8. The van der Waals surface area contributed by atoms with Gasteiger partial charge in [-0.15, -0.1) is 0 Å². The van der Waals surface area contributed by atoms with E-state index in [1.54, 1.807) is 0 Å². The lowest BCUT2D eigenvalue weighted by molar-refractivity contribution is 0.163. The van der Waals surface area contributed by atoms with E-state index in [0.717, 1.165) is 18.8 Å². The number of allylic oxidation sites excluding steroid dienone is 1. The van der Waals surface area contributed by atoms with E-state index >= 15 is 0 Å². The van der Waals surface area contributed by atoms with Crippen LogP contribution in [0.2, 0.25) is 0 Å². The monoisotopic (exact) mass is 221 g/mol. The summed E-state index contributed by atoms with van der Waals surface area (Å²) >= 11 is 0. The number of ether oxygens (including phenoxy) is 1. The predicted molar refractivity (Wildman–Crippen MR) is 67.0 cm³/mol. The van der Waals surface area contributed by atoms with E-state index in [-0.39, 0.29) is 6.10 Å². The van der Waals surface area contributed by atoms with Crippen LogP contribution in [-0.4, -0.2) is 12.6 Å². The quantitative estimate of drug-likeness (QED) is 0.743. The Kier molecular flexibility index (Phi) is 4.46. The molecule has 16 heavy (non-hydrogen) atoms. The van der Waals surface area contributed by atoms with E-state index in [9.17, 15) is 0 Å². The first kappa shape index (κ1) is 11.7. The fourth-order valence-corrected chi connectivity index (χ4v) is 2.76. The topological polar surface area (TPSA) is 35.2 Å². The highest BCUT2D eigenvalue weighted by Crippen LogP contribution is 2.30. The molecule has 0 saturated heterocycles. The molecule has 0 amide bonds. The highest BCUT2D eigenvalue weighted by Gasteiger charge is 2.18. The number of nitrogens with two attached hydrogens (primary N) is 1. The first-order chi connectivity index (χ1) is 7.90. The van der Waals surface area contributed by atoms with Crippen LogP contribution in [0.15, 0.2) is 24.0 Å². The predicted octanol–water partition coefficient (Wildman–Crippen LogP) is 3.14. The van der Waals surface area contributed by atoms with Crippen LogP contribution in [0.3, 0.4) is 0 Å². The summed E-state index contributed by atoms with van der Waals surface area (Å²) in [7, 11) is 0. The van der Waals surface area contributed by atoms with Crippen molar-refractivity contribution < 1.29 is 4.74 Å². The van der Waals surface area contributed by atoms with Crippen LogP contribution in [0.25, 0.3) is 0 Å². The number of rotatable bonds is 3. The zero-order valence-electron chi connectivity index (χ0n) is 10.0.